The van der Waals surface area contributed by atoms with E-state index < -0.39 is 0 Å². The van der Waals surface area contributed by atoms with E-state index in [0.717, 1.165) is 29.4 Å². The van der Waals surface area contributed by atoms with E-state index in [4.69, 9.17) is 11.6 Å². The number of carbonyl (C=O) groups excluding carboxylic acids is 1. The van der Waals surface area contributed by atoms with Crippen LogP contribution in [-0.4, -0.2) is 28.6 Å². The van der Waals surface area contributed by atoms with Gasteiger partial charge in [0.1, 0.15) is 0 Å². The van der Waals surface area contributed by atoms with Crippen molar-refractivity contribution in [3.05, 3.63) is 40.5 Å². The van der Waals surface area contributed by atoms with Crippen LogP contribution in [-0.2, 0) is 0 Å². The SMILES string of the molecule is CCC(CO)NC(=O)c1cc(C2CC2)nc2ccc(Cl)cc12. The lowest BCUT2D eigenvalue weighted by Gasteiger charge is -2.16. The molecule has 0 radical (unpaired) electrons. The standard InChI is InChI=1S/C17H19ClN2O2/c1-2-12(9-21)19-17(22)14-8-16(10-3-4-10)20-15-6-5-11(18)7-13(14)15/h5-8,10,12,21H,2-4,9H2,1H3,(H,19,22). The summed E-state index contributed by atoms with van der Waals surface area (Å²) in [6, 6.07) is 7.05. The third-order valence-electron chi connectivity index (χ3n) is 4.08. The summed E-state index contributed by atoms with van der Waals surface area (Å²) in [7, 11) is 0. The Morgan fingerprint density at radius 1 is 1.45 bits per heavy atom. The maximum absolute atomic E-state index is 12.6. The van der Waals surface area contributed by atoms with Crippen LogP contribution in [0.15, 0.2) is 24.3 Å². The molecule has 2 aromatic rings. The second-order valence-electron chi connectivity index (χ2n) is 5.79. The maximum Gasteiger partial charge on any atom is 0.252 e. The predicted octanol–water partition coefficient (Wildman–Crippen LogP) is 3.27. The quantitative estimate of drug-likeness (QED) is 0.889. The molecule has 116 valence electrons. The fourth-order valence-corrected chi connectivity index (χ4v) is 2.71. The molecule has 1 aliphatic carbocycles. The molecule has 1 aromatic heterocycles. The Morgan fingerprint density at radius 3 is 2.86 bits per heavy atom. The van der Waals surface area contributed by atoms with Crippen LogP contribution < -0.4 is 5.32 Å². The zero-order valence-electron chi connectivity index (χ0n) is 12.5. The van der Waals surface area contributed by atoms with Crippen molar-refractivity contribution in [3.63, 3.8) is 0 Å². The van der Waals surface area contributed by atoms with Crippen LogP contribution in [0.2, 0.25) is 5.02 Å². The molecule has 0 saturated heterocycles. The number of fused-ring (bicyclic) bond motifs is 1. The Hall–Kier alpha value is -1.65. The highest BCUT2D eigenvalue weighted by Crippen LogP contribution is 2.40. The molecule has 0 aliphatic heterocycles. The van der Waals surface area contributed by atoms with E-state index in [1.807, 2.05) is 19.1 Å². The van der Waals surface area contributed by atoms with Gasteiger partial charge in [-0.25, -0.2) is 0 Å². The summed E-state index contributed by atoms with van der Waals surface area (Å²) in [5.41, 5.74) is 2.34. The maximum atomic E-state index is 12.6. The van der Waals surface area contributed by atoms with Gasteiger partial charge in [-0.3, -0.25) is 9.78 Å². The number of aromatic nitrogens is 1. The number of pyridine rings is 1. The topological polar surface area (TPSA) is 62.2 Å². The van der Waals surface area contributed by atoms with Gasteiger partial charge in [-0.15, -0.1) is 0 Å². The number of amides is 1. The minimum atomic E-state index is -0.237. The number of benzene rings is 1. The molecular weight excluding hydrogens is 300 g/mol. The van der Waals surface area contributed by atoms with Gasteiger partial charge in [-0.1, -0.05) is 18.5 Å². The van der Waals surface area contributed by atoms with Crippen LogP contribution in [0.3, 0.4) is 0 Å². The number of hydrogen-bond acceptors (Lipinski definition) is 3. The average Bonchev–Trinajstić information content (AvgIpc) is 3.36. The number of halogens is 1. The highest BCUT2D eigenvalue weighted by atomic mass is 35.5. The summed E-state index contributed by atoms with van der Waals surface area (Å²) in [5.74, 6) is 0.281. The lowest BCUT2D eigenvalue weighted by Crippen LogP contribution is -2.37. The van der Waals surface area contributed by atoms with Crippen molar-refractivity contribution >= 4 is 28.4 Å². The fourth-order valence-electron chi connectivity index (χ4n) is 2.53. The van der Waals surface area contributed by atoms with E-state index >= 15 is 0 Å². The summed E-state index contributed by atoms with van der Waals surface area (Å²) < 4.78 is 0. The molecule has 1 fully saturated rings. The van der Waals surface area contributed by atoms with E-state index in [1.165, 1.54) is 0 Å². The Balaban J connectivity index is 2.05. The number of nitrogens with one attached hydrogen (secondary N) is 1. The van der Waals surface area contributed by atoms with Gasteiger partial charge in [0.05, 0.1) is 23.7 Å². The number of aliphatic hydroxyl groups is 1. The normalized spacial score (nSPS) is 15.8. The molecule has 1 atom stereocenters. The minimum absolute atomic E-state index is 0.0680. The minimum Gasteiger partial charge on any atom is -0.394 e. The van der Waals surface area contributed by atoms with E-state index in [9.17, 15) is 9.90 Å². The monoisotopic (exact) mass is 318 g/mol. The van der Waals surface area contributed by atoms with Gasteiger partial charge >= 0.3 is 0 Å². The Kier molecular flexibility index (Phi) is 4.32. The molecule has 2 N–H and O–H groups in total. The number of aliphatic hydroxyl groups excluding tert-OH is 1. The number of rotatable bonds is 5. The lowest BCUT2D eigenvalue weighted by atomic mass is 10.0. The highest BCUT2D eigenvalue weighted by Gasteiger charge is 2.27. The van der Waals surface area contributed by atoms with Gasteiger partial charge in [0.2, 0.25) is 0 Å². The Labute approximate surface area is 134 Å². The van der Waals surface area contributed by atoms with Crippen molar-refractivity contribution in [1.29, 1.82) is 0 Å². The van der Waals surface area contributed by atoms with Crippen LogP contribution >= 0.6 is 11.6 Å². The van der Waals surface area contributed by atoms with E-state index in [1.54, 1.807) is 12.1 Å². The van der Waals surface area contributed by atoms with Crippen LogP contribution in [0.25, 0.3) is 10.9 Å². The first kappa shape index (κ1) is 15.3. The second kappa shape index (κ2) is 6.23. The molecule has 1 aromatic carbocycles. The number of carbonyl (C=O) groups is 1. The van der Waals surface area contributed by atoms with Crippen molar-refractivity contribution < 1.29 is 9.90 Å². The Morgan fingerprint density at radius 2 is 2.23 bits per heavy atom. The molecule has 22 heavy (non-hydrogen) atoms. The molecule has 1 amide bonds. The fraction of sp³-hybridized carbons (Fsp3) is 0.412. The first-order valence-electron chi connectivity index (χ1n) is 7.64. The number of nitrogens with zero attached hydrogens (tertiary/aromatic N) is 1. The van der Waals surface area contributed by atoms with Gasteiger partial charge in [0.25, 0.3) is 5.91 Å². The van der Waals surface area contributed by atoms with Crippen LogP contribution in [0.5, 0.6) is 0 Å². The first-order chi connectivity index (χ1) is 10.6. The molecule has 1 aliphatic rings. The van der Waals surface area contributed by atoms with Crippen LogP contribution in [0.4, 0.5) is 0 Å². The summed E-state index contributed by atoms with van der Waals surface area (Å²) in [5, 5.41) is 13.5. The van der Waals surface area contributed by atoms with Crippen molar-refractivity contribution in [2.24, 2.45) is 0 Å². The Bertz CT molecular complexity index is 709. The molecule has 1 unspecified atom stereocenters. The molecule has 0 bridgehead atoms. The van der Waals surface area contributed by atoms with Crippen molar-refractivity contribution in [1.82, 2.24) is 10.3 Å². The third-order valence-corrected chi connectivity index (χ3v) is 4.31. The van der Waals surface area contributed by atoms with Crippen molar-refractivity contribution in [2.45, 2.75) is 38.1 Å². The summed E-state index contributed by atoms with van der Waals surface area (Å²) in [4.78, 5) is 17.3. The second-order valence-corrected chi connectivity index (χ2v) is 6.23. The zero-order chi connectivity index (χ0) is 15.7. The average molecular weight is 319 g/mol. The van der Waals surface area contributed by atoms with Gasteiger partial charge < -0.3 is 10.4 Å². The molecule has 1 heterocycles. The highest BCUT2D eigenvalue weighted by molar-refractivity contribution is 6.31. The van der Waals surface area contributed by atoms with E-state index in [2.05, 4.69) is 10.3 Å². The van der Waals surface area contributed by atoms with Crippen LogP contribution in [0, 0.1) is 0 Å². The first-order valence-corrected chi connectivity index (χ1v) is 8.02. The van der Waals surface area contributed by atoms with E-state index in [0.29, 0.717) is 22.9 Å². The predicted molar refractivity (Wildman–Crippen MR) is 87.4 cm³/mol. The van der Waals surface area contributed by atoms with Crippen LogP contribution in [0.1, 0.15) is 48.2 Å². The summed E-state index contributed by atoms with van der Waals surface area (Å²) in [6.45, 7) is 1.86. The number of hydrogen-bond donors (Lipinski definition) is 2. The molecule has 0 spiro atoms. The summed E-state index contributed by atoms with van der Waals surface area (Å²) >= 11 is 6.07. The van der Waals surface area contributed by atoms with Crippen molar-refractivity contribution in [3.8, 4) is 0 Å². The lowest BCUT2D eigenvalue weighted by molar-refractivity contribution is 0.0916. The molecule has 5 heteroatoms. The largest absolute Gasteiger partial charge is 0.394 e. The van der Waals surface area contributed by atoms with Gasteiger partial charge in [-0.05, 0) is 43.5 Å². The smallest absolute Gasteiger partial charge is 0.252 e. The zero-order valence-corrected chi connectivity index (χ0v) is 13.2. The van der Waals surface area contributed by atoms with Crippen molar-refractivity contribution in [2.75, 3.05) is 6.61 Å². The van der Waals surface area contributed by atoms with Gasteiger partial charge in [-0.2, -0.15) is 0 Å². The molecule has 4 nitrogen and oxygen atoms in total. The molecule has 3 rings (SSSR count). The van der Waals surface area contributed by atoms with Gasteiger partial charge in [0, 0.05) is 22.0 Å². The molecule has 1 saturated carbocycles. The third kappa shape index (κ3) is 3.08. The van der Waals surface area contributed by atoms with Gasteiger partial charge in [0.15, 0.2) is 0 Å². The summed E-state index contributed by atoms with van der Waals surface area (Å²) in [6.07, 6.45) is 2.93. The van der Waals surface area contributed by atoms with E-state index in [-0.39, 0.29) is 18.6 Å². The molecular formula is C17H19ClN2O2.